The quantitative estimate of drug-likeness (QED) is 0.828. The summed E-state index contributed by atoms with van der Waals surface area (Å²) >= 11 is 0. The van der Waals surface area contributed by atoms with Gasteiger partial charge in [0, 0.05) is 25.7 Å². The largest absolute Gasteiger partial charge is 0.322 e. The van der Waals surface area contributed by atoms with Crippen LogP contribution in [-0.4, -0.2) is 63.2 Å². The zero-order valence-electron chi connectivity index (χ0n) is 13.1. The Bertz CT molecular complexity index is 682. The first-order valence-corrected chi connectivity index (χ1v) is 7.41. The molecule has 1 fully saturated rings. The average Bonchev–Trinajstić information content (AvgIpc) is 3.06. The summed E-state index contributed by atoms with van der Waals surface area (Å²) in [6.07, 6.45) is 1.40. The van der Waals surface area contributed by atoms with E-state index in [9.17, 15) is 9.18 Å². The van der Waals surface area contributed by atoms with Crippen molar-refractivity contribution < 1.29 is 9.18 Å². The summed E-state index contributed by atoms with van der Waals surface area (Å²) < 4.78 is 15.3. The van der Waals surface area contributed by atoms with Gasteiger partial charge in [-0.1, -0.05) is 0 Å². The van der Waals surface area contributed by atoms with E-state index in [-0.39, 0.29) is 36.6 Å². The molecule has 2 aromatic rings. The highest BCUT2D eigenvalue weighted by atomic mass is 35.5. The number of anilines is 1. The Hall–Kier alpha value is -2.10. The van der Waals surface area contributed by atoms with Gasteiger partial charge in [0.2, 0.25) is 5.91 Å². The van der Waals surface area contributed by atoms with Crippen LogP contribution in [-0.2, 0) is 4.79 Å². The molecule has 0 radical (unpaired) electrons. The number of rotatable bonds is 4. The SMILES string of the molecule is C[C@H]1CNCCN1CC(=O)Nc1cc(-n2cnnn2)ccc1F.Cl. The van der Waals surface area contributed by atoms with Crippen molar-refractivity contribution in [1.29, 1.82) is 0 Å². The number of piperazine rings is 1. The molecule has 1 aliphatic rings. The molecule has 1 aromatic carbocycles. The summed E-state index contributed by atoms with van der Waals surface area (Å²) in [4.78, 5) is 14.3. The number of hydrogen-bond donors (Lipinski definition) is 2. The van der Waals surface area contributed by atoms with E-state index in [2.05, 4.69) is 38.0 Å². The molecule has 0 bridgehead atoms. The molecule has 0 unspecified atom stereocenters. The van der Waals surface area contributed by atoms with Gasteiger partial charge in [-0.2, -0.15) is 0 Å². The van der Waals surface area contributed by atoms with Crippen LogP contribution < -0.4 is 10.6 Å². The van der Waals surface area contributed by atoms with E-state index >= 15 is 0 Å². The van der Waals surface area contributed by atoms with E-state index in [0.29, 0.717) is 5.69 Å². The normalized spacial score (nSPS) is 18.0. The molecule has 0 spiro atoms. The molecule has 10 heteroatoms. The van der Waals surface area contributed by atoms with E-state index in [0.717, 1.165) is 19.6 Å². The number of benzene rings is 1. The van der Waals surface area contributed by atoms with Crippen LogP contribution >= 0.6 is 12.4 Å². The van der Waals surface area contributed by atoms with E-state index in [1.807, 2.05) is 0 Å². The number of carbonyl (C=O) groups excluding carboxylic acids is 1. The lowest BCUT2D eigenvalue weighted by atomic mass is 10.2. The monoisotopic (exact) mass is 355 g/mol. The highest BCUT2D eigenvalue weighted by molar-refractivity contribution is 5.92. The zero-order chi connectivity index (χ0) is 16.2. The average molecular weight is 356 g/mol. The fraction of sp³-hybridized carbons (Fsp3) is 0.429. The molecule has 1 amide bonds. The fourth-order valence-corrected chi connectivity index (χ4v) is 2.52. The van der Waals surface area contributed by atoms with Crippen molar-refractivity contribution >= 4 is 24.0 Å². The van der Waals surface area contributed by atoms with E-state index < -0.39 is 5.82 Å². The van der Waals surface area contributed by atoms with Crippen LogP contribution in [0.2, 0.25) is 0 Å². The number of halogens is 2. The van der Waals surface area contributed by atoms with Gasteiger partial charge in [0.15, 0.2) is 0 Å². The maximum atomic E-state index is 13.9. The highest BCUT2D eigenvalue weighted by Crippen LogP contribution is 2.18. The van der Waals surface area contributed by atoms with Crippen molar-refractivity contribution in [3.8, 4) is 5.69 Å². The number of tetrazole rings is 1. The predicted molar refractivity (Wildman–Crippen MR) is 88.9 cm³/mol. The van der Waals surface area contributed by atoms with Crippen molar-refractivity contribution in [3.63, 3.8) is 0 Å². The van der Waals surface area contributed by atoms with Crippen molar-refractivity contribution in [1.82, 2.24) is 30.4 Å². The third-order valence-electron chi connectivity index (χ3n) is 3.82. The molecule has 0 aliphatic carbocycles. The van der Waals surface area contributed by atoms with Crippen molar-refractivity contribution in [3.05, 3.63) is 30.3 Å². The minimum atomic E-state index is -0.497. The fourth-order valence-electron chi connectivity index (χ4n) is 2.52. The molecule has 24 heavy (non-hydrogen) atoms. The molecular weight excluding hydrogens is 337 g/mol. The summed E-state index contributed by atoms with van der Waals surface area (Å²) in [5, 5.41) is 16.7. The minimum Gasteiger partial charge on any atom is -0.322 e. The lowest BCUT2D eigenvalue weighted by Gasteiger charge is -2.33. The molecule has 2 N–H and O–H groups in total. The van der Waals surface area contributed by atoms with E-state index in [1.165, 1.54) is 23.1 Å². The van der Waals surface area contributed by atoms with Gasteiger partial charge in [-0.15, -0.1) is 17.5 Å². The first-order chi connectivity index (χ1) is 11.1. The van der Waals surface area contributed by atoms with Crippen LogP contribution in [0.1, 0.15) is 6.92 Å². The third-order valence-corrected chi connectivity index (χ3v) is 3.82. The van der Waals surface area contributed by atoms with Crippen LogP contribution in [0.25, 0.3) is 5.69 Å². The smallest absolute Gasteiger partial charge is 0.238 e. The molecule has 8 nitrogen and oxygen atoms in total. The number of hydrogen-bond acceptors (Lipinski definition) is 6. The topological polar surface area (TPSA) is 88.0 Å². The Balaban J connectivity index is 0.00000208. The summed E-state index contributed by atoms with van der Waals surface area (Å²) in [6.45, 7) is 4.77. The third kappa shape index (κ3) is 4.25. The van der Waals surface area contributed by atoms with Crippen LogP contribution in [0.4, 0.5) is 10.1 Å². The van der Waals surface area contributed by atoms with Gasteiger partial charge < -0.3 is 10.6 Å². The molecule has 1 aliphatic heterocycles. The lowest BCUT2D eigenvalue weighted by molar-refractivity contribution is -0.118. The molecule has 1 saturated heterocycles. The molecule has 130 valence electrons. The standard InChI is InChI=1S/C14H18FN7O.ClH/c1-10-7-16-4-5-21(10)8-14(23)18-13-6-11(2-3-12(13)15)22-9-17-19-20-22;/h2-3,6,9-10,16H,4-5,7-8H2,1H3,(H,18,23);1H/t10-;/m0./s1. The van der Waals surface area contributed by atoms with Gasteiger partial charge in [-0.05, 0) is 35.5 Å². The van der Waals surface area contributed by atoms with E-state index in [1.54, 1.807) is 6.07 Å². The Labute approximate surface area is 144 Å². The zero-order valence-corrected chi connectivity index (χ0v) is 14.0. The lowest BCUT2D eigenvalue weighted by Crippen LogP contribution is -2.52. The number of carbonyl (C=O) groups is 1. The van der Waals surface area contributed by atoms with Crippen LogP contribution in [0.3, 0.4) is 0 Å². The second-order valence-electron chi connectivity index (χ2n) is 5.49. The van der Waals surface area contributed by atoms with Crippen LogP contribution in [0, 0.1) is 5.82 Å². The van der Waals surface area contributed by atoms with Gasteiger partial charge in [0.25, 0.3) is 0 Å². The summed E-state index contributed by atoms with van der Waals surface area (Å²) in [7, 11) is 0. The van der Waals surface area contributed by atoms with Gasteiger partial charge in [0.05, 0.1) is 17.9 Å². The van der Waals surface area contributed by atoms with Crippen molar-refractivity contribution in [2.45, 2.75) is 13.0 Å². The van der Waals surface area contributed by atoms with Crippen LogP contribution in [0.5, 0.6) is 0 Å². The molecule has 0 saturated carbocycles. The first-order valence-electron chi connectivity index (χ1n) is 7.41. The maximum absolute atomic E-state index is 13.9. The number of amides is 1. The predicted octanol–water partition coefficient (Wildman–Crippen LogP) is 0.455. The van der Waals surface area contributed by atoms with Gasteiger partial charge in [0.1, 0.15) is 12.1 Å². The maximum Gasteiger partial charge on any atom is 0.238 e. The Kier molecular flexibility index (Phi) is 6.18. The number of aromatic nitrogens is 4. The van der Waals surface area contributed by atoms with Crippen LogP contribution in [0.15, 0.2) is 24.5 Å². The van der Waals surface area contributed by atoms with Gasteiger partial charge in [-0.3, -0.25) is 9.69 Å². The molecule has 1 atom stereocenters. The van der Waals surface area contributed by atoms with Gasteiger partial charge >= 0.3 is 0 Å². The molecular formula is C14H19ClFN7O. The second-order valence-corrected chi connectivity index (χ2v) is 5.49. The number of nitrogens with one attached hydrogen (secondary N) is 2. The van der Waals surface area contributed by atoms with Crippen molar-refractivity contribution in [2.24, 2.45) is 0 Å². The summed E-state index contributed by atoms with van der Waals surface area (Å²) in [5.74, 6) is -0.741. The van der Waals surface area contributed by atoms with Gasteiger partial charge in [-0.25, -0.2) is 9.07 Å². The molecule has 1 aromatic heterocycles. The Morgan fingerprint density at radius 3 is 3.04 bits per heavy atom. The molecule has 3 rings (SSSR count). The first kappa shape index (κ1) is 18.2. The van der Waals surface area contributed by atoms with Crippen molar-refractivity contribution in [2.75, 3.05) is 31.5 Å². The molecule has 2 heterocycles. The summed E-state index contributed by atoms with van der Waals surface area (Å²) in [6, 6.07) is 4.59. The highest BCUT2D eigenvalue weighted by Gasteiger charge is 2.20. The minimum absolute atomic E-state index is 0. The van der Waals surface area contributed by atoms with E-state index in [4.69, 9.17) is 0 Å². The number of nitrogens with zero attached hydrogens (tertiary/aromatic N) is 5. The second kappa shape index (κ2) is 8.13. The Morgan fingerprint density at radius 2 is 2.33 bits per heavy atom. The Morgan fingerprint density at radius 1 is 1.50 bits per heavy atom. The summed E-state index contributed by atoms with van der Waals surface area (Å²) in [5.41, 5.74) is 0.688.